The highest BCUT2D eigenvalue weighted by Gasteiger charge is 2.47. The quantitative estimate of drug-likeness (QED) is 0.292. The predicted molar refractivity (Wildman–Crippen MR) is 112 cm³/mol. The van der Waals surface area contributed by atoms with Crippen LogP contribution in [-0.2, 0) is 24.2 Å². The minimum atomic E-state index is -4.34. The van der Waals surface area contributed by atoms with E-state index in [0.717, 1.165) is 10.5 Å². The van der Waals surface area contributed by atoms with Gasteiger partial charge in [-0.15, -0.1) is 0 Å². The molecule has 0 aliphatic carbocycles. The van der Waals surface area contributed by atoms with Crippen molar-refractivity contribution in [1.82, 2.24) is 9.96 Å². The molecule has 1 heterocycles. The van der Waals surface area contributed by atoms with Crippen LogP contribution < -0.4 is 0 Å². The Labute approximate surface area is 185 Å². The Morgan fingerprint density at radius 2 is 1.66 bits per heavy atom. The van der Waals surface area contributed by atoms with Gasteiger partial charge in [-0.25, -0.2) is 13.5 Å². The van der Waals surface area contributed by atoms with Gasteiger partial charge in [0.25, 0.3) is 0 Å². The van der Waals surface area contributed by atoms with Gasteiger partial charge < -0.3 is 0 Å². The predicted octanol–water partition coefficient (Wildman–Crippen LogP) is 1.96. The molecule has 166 valence electrons. The number of imide groups is 1. The number of sulfone groups is 1. The first kappa shape index (κ1) is 23.1. The van der Waals surface area contributed by atoms with Crippen LogP contribution in [0.25, 0.3) is 11.1 Å². The molecular weight excluding hydrogens is 434 g/mol. The average Bonchev–Trinajstić information content (AvgIpc) is 2.97. The summed E-state index contributed by atoms with van der Waals surface area (Å²) >= 11 is 0. The average molecular weight is 455 g/mol. The van der Waals surface area contributed by atoms with Crippen molar-refractivity contribution in [3.8, 4) is 17.2 Å². The van der Waals surface area contributed by atoms with Crippen LogP contribution in [0.1, 0.15) is 25.8 Å². The van der Waals surface area contributed by atoms with Gasteiger partial charge in [0.1, 0.15) is 0 Å². The first-order valence-corrected chi connectivity index (χ1v) is 11.2. The molecule has 0 saturated carbocycles. The summed E-state index contributed by atoms with van der Waals surface area (Å²) in [6.45, 7) is 2.44. The van der Waals surface area contributed by atoms with E-state index in [1.165, 1.54) is 12.1 Å². The van der Waals surface area contributed by atoms with E-state index in [2.05, 4.69) is 0 Å². The van der Waals surface area contributed by atoms with Crippen LogP contribution in [-0.4, -0.2) is 53.7 Å². The summed E-state index contributed by atoms with van der Waals surface area (Å²) in [7, 11) is -4.34. The number of hydrogen-bond acceptors (Lipinski definition) is 7. The largest absolute Gasteiger partial charge is 0.285 e. The smallest absolute Gasteiger partial charge is 0.235 e. The van der Waals surface area contributed by atoms with Crippen LogP contribution in [0.15, 0.2) is 53.4 Å². The standard InChI is InChI=1S/C22H21N3O6S/c1-22(2)11-19(27)24(21(22)28)13-20(25(29)14-26)32(30,31)18-9-7-17(8-10-18)16-5-3-15(12-23)4-6-16/h3-10,14,20,29H,11,13H2,1-2H3. The molecule has 3 amide bonds. The zero-order valence-electron chi connectivity index (χ0n) is 17.4. The lowest BCUT2D eigenvalue weighted by Crippen LogP contribution is -2.49. The lowest BCUT2D eigenvalue weighted by molar-refractivity contribution is -0.157. The van der Waals surface area contributed by atoms with E-state index in [9.17, 15) is 28.0 Å². The summed E-state index contributed by atoms with van der Waals surface area (Å²) in [5.41, 5.74) is 0.946. The van der Waals surface area contributed by atoms with Gasteiger partial charge in [0, 0.05) is 6.42 Å². The molecule has 2 aromatic carbocycles. The van der Waals surface area contributed by atoms with E-state index in [1.807, 2.05) is 6.07 Å². The topological polar surface area (TPSA) is 136 Å². The van der Waals surface area contributed by atoms with Crippen molar-refractivity contribution in [1.29, 1.82) is 5.26 Å². The van der Waals surface area contributed by atoms with E-state index in [4.69, 9.17) is 5.26 Å². The number of carbonyl (C=O) groups excluding carboxylic acids is 3. The number of amides is 3. The molecule has 0 aromatic heterocycles. The van der Waals surface area contributed by atoms with Gasteiger partial charge in [0.15, 0.2) is 5.37 Å². The lowest BCUT2D eigenvalue weighted by Gasteiger charge is -2.27. The molecule has 3 rings (SSSR count). The normalized spacial score (nSPS) is 16.5. The minimum absolute atomic E-state index is 0.0459. The lowest BCUT2D eigenvalue weighted by atomic mass is 9.92. The number of rotatable bonds is 7. The highest BCUT2D eigenvalue weighted by Crippen LogP contribution is 2.33. The van der Waals surface area contributed by atoms with Crippen molar-refractivity contribution >= 4 is 28.1 Å². The van der Waals surface area contributed by atoms with Crippen molar-refractivity contribution < 1.29 is 28.0 Å². The van der Waals surface area contributed by atoms with Gasteiger partial charge >= 0.3 is 0 Å². The third-order valence-electron chi connectivity index (χ3n) is 5.35. The Balaban J connectivity index is 1.91. The summed E-state index contributed by atoms with van der Waals surface area (Å²) in [5, 5.41) is 17.0. The Kier molecular flexibility index (Phi) is 6.16. The Morgan fingerprint density at radius 3 is 2.09 bits per heavy atom. The highest BCUT2D eigenvalue weighted by molar-refractivity contribution is 7.92. The molecule has 0 radical (unpaired) electrons. The molecule has 10 heteroatoms. The number of hydrogen-bond donors (Lipinski definition) is 1. The van der Waals surface area contributed by atoms with Crippen LogP contribution in [0, 0.1) is 16.7 Å². The molecule has 1 aliphatic rings. The summed E-state index contributed by atoms with van der Waals surface area (Å²) in [5.74, 6) is -1.14. The van der Waals surface area contributed by atoms with Crippen LogP contribution in [0.4, 0.5) is 0 Å². The van der Waals surface area contributed by atoms with E-state index in [0.29, 0.717) is 11.1 Å². The molecule has 1 N–H and O–H groups in total. The molecule has 2 aromatic rings. The fourth-order valence-corrected chi connectivity index (χ4v) is 5.00. The number of nitriles is 1. The van der Waals surface area contributed by atoms with Gasteiger partial charge in [-0.3, -0.25) is 24.5 Å². The number of nitrogens with zero attached hydrogens (tertiary/aromatic N) is 3. The zero-order valence-corrected chi connectivity index (χ0v) is 18.2. The first-order valence-electron chi connectivity index (χ1n) is 9.63. The van der Waals surface area contributed by atoms with Gasteiger partial charge in [-0.1, -0.05) is 38.1 Å². The maximum Gasteiger partial charge on any atom is 0.235 e. The Bertz CT molecular complexity index is 1200. The molecule has 0 spiro atoms. The van der Waals surface area contributed by atoms with Crippen LogP contribution in [0.5, 0.6) is 0 Å². The molecule has 0 bridgehead atoms. The Morgan fingerprint density at radius 1 is 1.12 bits per heavy atom. The fraction of sp³-hybridized carbons (Fsp3) is 0.273. The van der Waals surface area contributed by atoms with Gasteiger partial charge in [-0.2, -0.15) is 5.26 Å². The number of carbonyl (C=O) groups is 3. The molecular formula is C22H21N3O6S. The second kappa shape index (κ2) is 8.53. The molecule has 32 heavy (non-hydrogen) atoms. The summed E-state index contributed by atoms with van der Waals surface area (Å²) < 4.78 is 26.4. The third kappa shape index (κ3) is 4.26. The zero-order chi connectivity index (χ0) is 23.7. The van der Waals surface area contributed by atoms with Crippen LogP contribution >= 0.6 is 0 Å². The van der Waals surface area contributed by atoms with Gasteiger partial charge in [0.05, 0.1) is 28.5 Å². The van der Waals surface area contributed by atoms with Crippen molar-refractivity contribution in [2.75, 3.05) is 6.54 Å². The molecule has 1 aliphatic heterocycles. The minimum Gasteiger partial charge on any atom is -0.285 e. The molecule has 9 nitrogen and oxygen atoms in total. The highest BCUT2D eigenvalue weighted by atomic mass is 32.2. The van der Waals surface area contributed by atoms with E-state index < -0.39 is 39.0 Å². The van der Waals surface area contributed by atoms with E-state index in [-0.39, 0.29) is 22.8 Å². The number of hydroxylamine groups is 2. The molecule has 1 atom stereocenters. The van der Waals surface area contributed by atoms with Crippen LogP contribution in [0.3, 0.4) is 0 Å². The van der Waals surface area contributed by atoms with E-state index in [1.54, 1.807) is 50.2 Å². The Hall–Kier alpha value is -3.55. The number of likely N-dealkylation sites (tertiary alicyclic amines) is 1. The van der Waals surface area contributed by atoms with Crippen LogP contribution in [0.2, 0.25) is 0 Å². The molecule has 1 saturated heterocycles. The number of benzene rings is 2. The van der Waals surface area contributed by atoms with Gasteiger partial charge in [0.2, 0.25) is 28.1 Å². The van der Waals surface area contributed by atoms with Crippen molar-refractivity contribution in [2.45, 2.75) is 30.5 Å². The van der Waals surface area contributed by atoms with Crippen molar-refractivity contribution in [2.24, 2.45) is 5.41 Å². The second-order valence-corrected chi connectivity index (χ2v) is 10.2. The summed E-state index contributed by atoms with van der Waals surface area (Å²) in [6.07, 6.45) is -0.173. The maximum atomic E-state index is 13.2. The van der Waals surface area contributed by atoms with Crippen molar-refractivity contribution in [3.63, 3.8) is 0 Å². The van der Waals surface area contributed by atoms with Gasteiger partial charge in [-0.05, 0) is 35.4 Å². The SMILES string of the molecule is CC1(C)CC(=O)N(CC(N(O)C=O)S(=O)(=O)c2ccc(-c3ccc(C#N)cc3)cc2)C1=O. The summed E-state index contributed by atoms with van der Waals surface area (Å²) in [4.78, 5) is 36.5. The van der Waals surface area contributed by atoms with E-state index >= 15 is 0 Å². The monoisotopic (exact) mass is 455 g/mol. The fourth-order valence-electron chi connectivity index (χ4n) is 3.49. The van der Waals surface area contributed by atoms with Crippen molar-refractivity contribution in [3.05, 3.63) is 54.1 Å². The second-order valence-electron chi connectivity index (χ2n) is 8.07. The molecule has 1 fully saturated rings. The molecule has 1 unspecified atom stereocenters. The first-order chi connectivity index (χ1) is 15.0. The maximum absolute atomic E-state index is 13.2. The summed E-state index contributed by atoms with van der Waals surface area (Å²) in [6, 6.07) is 14.4. The third-order valence-corrected chi connectivity index (χ3v) is 7.36.